The number of nitrogens with one attached hydrogen (secondary N) is 1. The van der Waals surface area contributed by atoms with Gasteiger partial charge in [0.1, 0.15) is 0 Å². The van der Waals surface area contributed by atoms with Crippen LogP contribution in [-0.4, -0.2) is 12.1 Å². The number of amides is 1. The van der Waals surface area contributed by atoms with E-state index in [0.717, 1.165) is 35.7 Å². The van der Waals surface area contributed by atoms with Crippen molar-refractivity contribution in [2.24, 2.45) is 22.9 Å². The minimum absolute atomic E-state index is 0.0836. The Morgan fingerprint density at radius 1 is 1.14 bits per heavy atom. The fraction of sp³-hybridized carbons (Fsp3) is 0.412. The highest BCUT2D eigenvalue weighted by atomic mass is 79.9. The zero-order chi connectivity index (χ0) is 14.7. The molecule has 3 nitrogen and oxygen atoms in total. The zero-order valence-electron chi connectivity index (χ0n) is 11.8. The standard InChI is InChI=1S/C17H19BrN2O/c18-13-9-7-12(8-10-13)11-19-20-17(21)16-14-5-3-1-2-4-6-15(14)16/h1-2,7-11,14-16H,3-6H2,(H,20,21)/b2-1-,19-11-/t14-,15-/m1/s1. The van der Waals surface area contributed by atoms with Gasteiger partial charge in [-0.3, -0.25) is 4.79 Å². The summed E-state index contributed by atoms with van der Waals surface area (Å²) in [5.74, 6) is 1.39. The largest absolute Gasteiger partial charge is 0.273 e. The molecule has 21 heavy (non-hydrogen) atoms. The molecule has 3 rings (SSSR count). The third-order valence-electron chi connectivity index (χ3n) is 4.39. The van der Waals surface area contributed by atoms with E-state index in [2.05, 4.69) is 38.6 Å². The lowest BCUT2D eigenvalue weighted by atomic mass is 10.1. The van der Waals surface area contributed by atoms with Gasteiger partial charge in [-0.2, -0.15) is 5.10 Å². The first kappa shape index (κ1) is 14.5. The quantitative estimate of drug-likeness (QED) is 0.503. The first-order chi connectivity index (χ1) is 10.3. The molecule has 2 atom stereocenters. The van der Waals surface area contributed by atoms with Crippen LogP contribution >= 0.6 is 15.9 Å². The molecule has 0 saturated heterocycles. The first-order valence-corrected chi connectivity index (χ1v) is 8.28. The monoisotopic (exact) mass is 346 g/mol. The molecule has 0 aliphatic heterocycles. The molecule has 0 radical (unpaired) electrons. The van der Waals surface area contributed by atoms with Crippen molar-refractivity contribution >= 4 is 28.1 Å². The molecule has 2 aliphatic carbocycles. The lowest BCUT2D eigenvalue weighted by molar-refractivity contribution is -0.122. The van der Waals surface area contributed by atoms with E-state index in [0.29, 0.717) is 11.8 Å². The van der Waals surface area contributed by atoms with E-state index in [1.807, 2.05) is 24.3 Å². The van der Waals surface area contributed by atoms with Crippen LogP contribution in [0.3, 0.4) is 0 Å². The number of nitrogens with zero attached hydrogens (tertiary/aromatic N) is 1. The van der Waals surface area contributed by atoms with Gasteiger partial charge in [0.15, 0.2) is 0 Å². The van der Waals surface area contributed by atoms with E-state index in [4.69, 9.17) is 0 Å². The number of hydrogen-bond donors (Lipinski definition) is 1. The molecular formula is C17H19BrN2O. The van der Waals surface area contributed by atoms with E-state index in [1.54, 1.807) is 6.21 Å². The second-order valence-corrected chi connectivity index (χ2v) is 6.68. The minimum Gasteiger partial charge on any atom is -0.273 e. The minimum atomic E-state index is 0.0836. The molecule has 110 valence electrons. The Balaban J connectivity index is 1.52. The van der Waals surface area contributed by atoms with Crippen LogP contribution in [0.1, 0.15) is 31.2 Å². The summed E-state index contributed by atoms with van der Waals surface area (Å²) in [5.41, 5.74) is 3.68. The molecule has 1 N–H and O–H groups in total. The SMILES string of the molecule is O=C(N/N=C\c1ccc(Br)cc1)C1[C@@H]2CC/C=C\CC[C@@H]12. The van der Waals surface area contributed by atoms with Crippen LogP contribution in [0.5, 0.6) is 0 Å². The van der Waals surface area contributed by atoms with Crippen molar-refractivity contribution in [3.63, 3.8) is 0 Å². The number of halogens is 1. The van der Waals surface area contributed by atoms with Crippen molar-refractivity contribution in [1.29, 1.82) is 0 Å². The van der Waals surface area contributed by atoms with Crippen LogP contribution in [0.4, 0.5) is 0 Å². The van der Waals surface area contributed by atoms with Gasteiger partial charge in [-0.25, -0.2) is 5.43 Å². The highest BCUT2D eigenvalue weighted by molar-refractivity contribution is 9.10. The van der Waals surface area contributed by atoms with Crippen LogP contribution in [0.15, 0.2) is 46.0 Å². The van der Waals surface area contributed by atoms with Crippen LogP contribution in [0.2, 0.25) is 0 Å². The average Bonchev–Trinajstić information content (AvgIpc) is 3.12. The van der Waals surface area contributed by atoms with E-state index < -0.39 is 0 Å². The first-order valence-electron chi connectivity index (χ1n) is 7.49. The molecular weight excluding hydrogens is 328 g/mol. The maximum Gasteiger partial charge on any atom is 0.243 e. The van der Waals surface area contributed by atoms with Gasteiger partial charge in [0.05, 0.1) is 6.21 Å². The summed E-state index contributed by atoms with van der Waals surface area (Å²) < 4.78 is 1.03. The molecule has 2 aliphatic rings. The van der Waals surface area contributed by atoms with Crippen LogP contribution in [-0.2, 0) is 4.79 Å². The van der Waals surface area contributed by atoms with Gasteiger partial charge in [-0.15, -0.1) is 0 Å². The van der Waals surface area contributed by atoms with Gasteiger partial charge in [-0.1, -0.05) is 40.2 Å². The number of rotatable bonds is 3. The zero-order valence-corrected chi connectivity index (χ0v) is 13.4. The van der Waals surface area contributed by atoms with Crippen molar-refractivity contribution < 1.29 is 4.79 Å². The lowest BCUT2D eigenvalue weighted by Crippen LogP contribution is -2.21. The Labute approximate surface area is 133 Å². The highest BCUT2D eigenvalue weighted by Crippen LogP contribution is 2.52. The van der Waals surface area contributed by atoms with E-state index in [9.17, 15) is 4.79 Å². The normalized spacial score (nSPS) is 29.3. The summed E-state index contributed by atoms with van der Waals surface area (Å²) in [6, 6.07) is 7.82. The summed E-state index contributed by atoms with van der Waals surface area (Å²) in [7, 11) is 0. The summed E-state index contributed by atoms with van der Waals surface area (Å²) in [5, 5.41) is 4.08. The number of carbonyl (C=O) groups excluding carboxylic acids is 1. The summed E-state index contributed by atoms with van der Waals surface area (Å²) in [4.78, 5) is 12.2. The lowest BCUT2D eigenvalue weighted by Gasteiger charge is -1.99. The average molecular weight is 347 g/mol. The topological polar surface area (TPSA) is 41.5 Å². The summed E-state index contributed by atoms with van der Waals surface area (Å²) >= 11 is 3.39. The van der Waals surface area contributed by atoms with Gasteiger partial charge >= 0.3 is 0 Å². The van der Waals surface area contributed by atoms with E-state index in [1.165, 1.54) is 0 Å². The Hall–Kier alpha value is -1.42. The molecule has 1 fully saturated rings. The predicted octanol–water partition coefficient (Wildman–Crippen LogP) is 3.89. The molecule has 1 amide bonds. The van der Waals surface area contributed by atoms with Gasteiger partial charge < -0.3 is 0 Å². The number of hydrazone groups is 1. The van der Waals surface area contributed by atoms with Gasteiger partial charge in [0.25, 0.3) is 0 Å². The molecule has 0 aromatic heterocycles. The number of allylic oxidation sites excluding steroid dienone is 2. The Bertz CT molecular complexity index is 549. The van der Waals surface area contributed by atoms with E-state index >= 15 is 0 Å². The molecule has 4 heteroatoms. The molecule has 0 bridgehead atoms. The summed E-state index contributed by atoms with van der Waals surface area (Å²) in [6.45, 7) is 0. The molecule has 0 unspecified atom stereocenters. The number of benzene rings is 1. The molecule has 1 aromatic rings. The van der Waals surface area contributed by atoms with Crippen molar-refractivity contribution in [1.82, 2.24) is 5.43 Å². The number of hydrogen-bond acceptors (Lipinski definition) is 2. The second kappa shape index (κ2) is 6.56. The third kappa shape index (κ3) is 3.62. The van der Waals surface area contributed by atoms with Crippen molar-refractivity contribution in [3.8, 4) is 0 Å². The molecule has 1 saturated carbocycles. The number of fused-ring (bicyclic) bond motifs is 1. The van der Waals surface area contributed by atoms with Gasteiger partial charge in [0.2, 0.25) is 5.91 Å². The second-order valence-electron chi connectivity index (χ2n) is 5.77. The fourth-order valence-corrected chi connectivity index (χ4v) is 3.49. The van der Waals surface area contributed by atoms with Gasteiger partial charge in [0, 0.05) is 10.4 Å². The van der Waals surface area contributed by atoms with Crippen LogP contribution in [0, 0.1) is 17.8 Å². The van der Waals surface area contributed by atoms with Crippen molar-refractivity contribution in [2.75, 3.05) is 0 Å². The van der Waals surface area contributed by atoms with Crippen molar-refractivity contribution in [3.05, 3.63) is 46.5 Å². The number of carbonyl (C=O) groups is 1. The molecule has 1 aromatic carbocycles. The Morgan fingerprint density at radius 2 is 1.76 bits per heavy atom. The predicted molar refractivity (Wildman–Crippen MR) is 88.0 cm³/mol. The fourth-order valence-electron chi connectivity index (χ4n) is 3.23. The highest BCUT2D eigenvalue weighted by Gasteiger charge is 2.53. The molecule has 0 heterocycles. The van der Waals surface area contributed by atoms with Crippen molar-refractivity contribution in [2.45, 2.75) is 25.7 Å². The maximum absolute atomic E-state index is 12.2. The summed E-state index contributed by atoms with van der Waals surface area (Å²) in [6.07, 6.45) is 10.7. The van der Waals surface area contributed by atoms with E-state index in [-0.39, 0.29) is 11.8 Å². The maximum atomic E-state index is 12.2. The third-order valence-corrected chi connectivity index (χ3v) is 4.92. The Kier molecular flexibility index (Phi) is 4.54. The smallest absolute Gasteiger partial charge is 0.243 e. The molecule has 0 spiro atoms. The van der Waals surface area contributed by atoms with Gasteiger partial charge in [-0.05, 0) is 55.2 Å². The Morgan fingerprint density at radius 3 is 2.38 bits per heavy atom. The van der Waals surface area contributed by atoms with Crippen LogP contribution < -0.4 is 5.43 Å². The van der Waals surface area contributed by atoms with Crippen LogP contribution in [0.25, 0.3) is 0 Å².